The van der Waals surface area contributed by atoms with Crippen LogP contribution in [0.15, 0.2) is 28.9 Å². The SMILES string of the molecule is CC1=CC2=NC(=O)c3cnn(C4CCOCC4)c3C2=CC1C(=O)N1CCN(CCC(F)(F)F)CC1. The van der Waals surface area contributed by atoms with Crippen molar-refractivity contribution in [3.8, 4) is 0 Å². The number of hydrogen-bond donors (Lipinski definition) is 0. The van der Waals surface area contributed by atoms with E-state index in [0.29, 0.717) is 56.4 Å². The van der Waals surface area contributed by atoms with Crippen molar-refractivity contribution in [1.82, 2.24) is 19.6 Å². The first-order valence-corrected chi connectivity index (χ1v) is 12.0. The maximum Gasteiger partial charge on any atom is 0.390 e. The summed E-state index contributed by atoms with van der Waals surface area (Å²) in [7, 11) is 0. The van der Waals surface area contributed by atoms with E-state index in [-0.39, 0.29) is 24.4 Å². The minimum absolute atomic E-state index is 0.0508. The lowest BCUT2D eigenvalue weighted by Gasteiger charge is -2.37. The van der Waals surface area contributed by atoms with E-state index in [1.165, 1.54) is 0 Å². The summed E-state index contributed by atoms with van der Waals surface area (Å²) >= 11 is 0. The van der Waals surface area contributed by atoms with Crippen LogP contribution in [0.25, 0.3) is 5.57 Å². The molecule has 8 nitrogen and oxygen atoms in total. The number of aliphatic imine (C=N–C) groups is 1. The molecule has 5 rings (SSSR count). The van der Waals surface area contributed by atoms with Gasteiger partial charge in [-0.25, -0.2) is 4.99 Å². The van der Waals surface area contributed by atoms with Gasteiger partial charge in [-0.15, -0.1) is 0 Å². The van der Waals surface area contributed by atoms with Gasteiger partial charge in [0.2, 0.25) is 5.91 Å². The molecular weight excluding hydrogens is 463 g/mol. The largest absolute Gasteiger partial charge is 0.390 e. The van der Waals surface area contributed by atoms with Crippen molar-refractivity contribution in [2.75, 3.05) is 45.9 Å². The first kappa shape index (κ1) is 23.9. The Morgan fingerprint density at radius 1 is 1.17 bits per heavy atom. The van der Waals surface area contributed by atoms with Crippen LogP contribution >= 0.6 is 0 Å². The third kappa shape index (κ3) is 4.84. The molecule has 11 heteroatoms. The van der Waals surface area contributed by atoms with E-state index in [1.807, 2.05) is 17.7 Å². The van der Waals surface area contributed by atoms with Gasteiger partial charge in [0.1, 0.15) is 0 Å². The lowest BCUT2D eigenvalue weighted by atomic mass is 9.84. The van der Waals surface area contributed by atoms with Gasteiger partial charge in [0, 0.05) is 51.5 Å². The molecule has 1 aromatic rings. The number of fused-ring (bicyclic) bond motifs is 3. The molecule has 1 atom stereocenters. The molecule has 0 spiro atoms. The molecule has 2 amide bonds. The van der Waals surface area contributed by atoms with Crippen LogP contribution < -0.4 is 0 Å². The van der Waals surface area contributed by atoms with Gasteiger partial charge in [0.25, 0.3) is 5.91 Å². The van der Waals surface area contributed by atoms with Crippen molar-refractivity contribution in [2.45, 2.75) is 38.4 Å². The number of hydrogen-bond acceptors (Lipinski definition) is 5. The van der Waals surface area contributed by atoms with E-state index in [4.69, 9.17) is 4.74 Å². The molecule has 4 heterocycles. The highest BCUT2D eigenvalue weighted by Gasteiger charge is 2.37. The fourth-order valence-corrected chi connectivity index (χ4v) is 5.16. The number of ether oxygens (including phenoxy) is 1. The molecule has 4 aliphatic rings. The Bertz CT molecular complexity index is 1110. The zero-order chi connectivity index (χ0) is 24.7. The monoisotopic (exact) mass is 491 g/mol. The summed E-state index contributed by atoms with van der Waals surface area (Å²) in [6.45, 7) is 4.64. The highest BCUT2D eigenvalue weighted by Crippen LogP contribution is 2.37. The molecule has 2 saturated heterocycles. The maximum absolute atomic E-state index is 13.5. The smallest absolute Gasteiger partial charge is 0.381 e. The highest BCUT2D eigenvalue weighted by molar-refractivity contribution is 6.36. The third-order valence-electron chi connectivity index (χ3n) is 7.17. The number of rotatable bonds is 4. The van der Waals surface area contributed by atoms with Crippen molar-refractivity contribution in [2.24, 2.45) is 10.9 Å². The molecule has 1 aromatic heterocycles. The molecule has 0 radical (unpaired) electrons. The third-order valence-corrected chi connectivity index (χ3v) is 7.17. The topological polar surface area (TPSA) is 80.0 Å². The minimum Gasteiger partial charge on any atom is -0.381 e. The normalized spacial score (nSPS) is 23.9. The van der Waals surface area contributed by atoms with E-state index in [9.17, 15) is 22.8 Å². The quantitative estimate of drug-likeness (QED) is 0.647. The van der Waals surface area contributed by atoms with Crippen LogP contribution in [0.2, 0.25) is 0 Å². The van der Waals surface area contributed by atoms with Crippen LogP contribution in [-0.4, -0.2) is 89.2 Å². The number of nitrogens with zero attached hydrogens (tertiary/aromatic N) is 5. The molecule has 35 heavy (non-hydrogen) atoms. The number of aromatic nitrogens is 2. The number of alkyl halides is 3. The second-order valence-electron chi connectivity index (χ2n) is 9.48. The lowest BCUT2D eigenvalue weighted by Crippen LogP contribution is -2.51. The summed E-state index contributed by atoms with van der Waals surface area (Å²) in [6, 6.07) is 0.103. The van der Waals surface area contributed by atoms with Crippen LogP contribution in [0, 0.1) is 5.92 Å². The van der Waals surface area contributed by atoms with Crippen molar-refractivity contribution in [3.63, 3.8) is 0 Å². The first-order chi connectivity index (χ1) is 16.7. The maximum atomic E-state index is 13.5. The van der Waals surface area contributed by atoms with Gasteiger partial charge in [0.05, 0.1) is 41.5 Å². The molecule has 3 aliphatic heterocycles. The predicted molar refractivity (Wildman–Crippen MR) is 122 cm³/mol. The van der Waals surface area contributed by atoms with E-state index in [0.717, 1.165) is 24.0 Å². The molecule has 1 unspecified atom stereocenters. The molecule has 0 aromatic carbocycles. The summed E-state index contributed by atoms with van der Waals surface area (Å²) < 4.78 is 45.0. The Morgan fingerprint density at radius 3 is 2.57 bits per heavy atom. The molecule has 188 valence electrons. The van der Waals surface area contributed by atoms with Gasteiger partial charge in [-0.3, -0.25) is 19.2 Å². The van der Waals surface area contributed by atoms with Crippen molar-refractivity contribution in [3.05, 3.63) is 35.2 Å². The second kappa shape index (κ2) is 9.34. The first-order valence-electron chi connectivity index (χ1n) is 12.0. The van der Waals surface area contributed by atoms with Gasteiger partial charge in [-0.2, -0.15) is 18.3 Å². The standard InChI is InChI=1S/C24H28F3N5O3/c1-15-12-20-18(21-19(22(33)29-20)14-28-32(21)16-2-10-35-11-3-16)13-17(15)23(34)31-8-6-30(7-9-31)5-4-24(25,26)27/h12-14,16-17H,2-11H2,1H3. The number of halogens is 3. The minimum atomic E-state index is -4.18. The van der Waals surface area contributed by atoms with Crippen LogP contribution in [0.3, 0.4) is 0 Å². The molecule has 0 N–H and O–H groups in total. The molecule has 0 saturated carbocycles. The van der Waals surface area contributed by atoms with E-state index >= 15 is 0 Å². The Morgan fingerprint density at radius 2 is 1.89 bits per heavy atom. The van der Waals surface area contributed by atoms with E-state index in [1.54, 1.807) is 22.1 Å². The van der Waals surface area contributed by atoms with Crippen LogP contribution in [0.1, 0.15) is 48.3 Å². The number of carbonyl (C=O) groups is 2. The summed E-state index contributed by atoms with van der Waals surface area (Å²) in [5.41, 5.74) is 3.19. The molecular formula is C24H28F3N5O3. The number of amides is 2. The van der Waals surface area contributed by atoms with Crippen LogP contribution in [0.4, 0.5) is 13.2 Å². The van der Waals surface area contributed by atoms with E-state index in [2.05, 4.69) is 10.1 Å². The van der Waals surface area contributed by atoms with Crippen molar-refractivity contribution in [1.29, 1.82) is 0 Å². The van der Waals surface area contributed by atoms with Gasteiger partial charge in [0.15, 0.2) is 0 Å². The van der Waals surface area contributed by atoms with Crippen molar-refractivity contribution < 1.29 is 27.5 Å². The van der Waals surface area contributed by atoms with Gasteiger partial charge in [-0.05, 0) is 25.8 Å². The fourth-order valence-electron chi connectivity index (χ4n) is 5.16. The Hall–Kier alpha value is -2.79. The Kier molecular flexibility index (Phi) is 6.39. The number of carbonyl (C=O) groups excluding carboxylic acids is 2. The zero-order valence-corrected chi connectivity index (χ0v) is 19.6. The van der Waals surface area contributed by atoms with Crippen LogP contribution in [0.5, 0.6) is 0 Å². The van der Waals surface area contributed by atoms with Gasteiger partial charge >= 0.3 is 6.18 Å². The summed E-state index contributed by atoms with van der Waals surface area (Å²) in [4.78, 5) is 33.8. The highest BCUT2D eigenvalue weighted by atomic mass is 19.4. The molecule has 1 aliphatic carbocycles. The Balaban J connectivity index is 1.36. The number of allylic oxidation sites excluding steroid dienone is 2. The zero-order valence-electron chi connectivity index (χ0n) is 19.6. The average molecular weight is 492 g/mol. The summed E-state index contributed by atoms with van der Waals surface area (Å²) in [6.07, 6.45) is 1.77. The average Bonchev–Trinajstić information content (AvgIpc) is 3.29. The van der Waals surface area contributed by atoms with Crippen molar-refractivity contribution >= 4 is 23.1 Å². The van der Waals surface area contributed by atoms with Crippen LogP contribution in [-0.2, 0) is 9.53 Å². The molecule has 0 bridgehead atoms. The fraction of sp³-hybridized carbons (Fsp3) is 0.583. The summed E-state index contributed by atoms with van der Waals surface area (Å²) in [5, 5.41) is 4.51. The van der Waals surface area contributed by atoms with E-state index < -0.39 is 18.5 Å². The number of piperazine rings is 1. The van der Waals surface area contributed by atoms with Gasteiger partial charge in [-0.1, -0.05) is 11.6 Å². The van der Waals surface area contributed by atoms with Gasteiger partial charge < -0.3 is 9.64 Å². The lowest BCUT2D eigenvalue weighted by molar-refractivity contribution is -0.142. The molecule has 2 fully saturated rings. The Labute approximate surface area is 201 Å². The predicted octanol–water partition coefficient (Wildman–Crippen LogP) is 2.89. The summed E-state index contributed by atoms with van der Waals surface area (Å²) in [5.74, 6) is -0.949. The second-order valence-corrected chi connectivity index (χ2v) is 9.48.